The SMILES string of the molecule is CCCCNC(=O)C(CC)N(Cc1cccc(OC)c1)C(=O)CN(c1ccccc1Cl)S(C)(=O)=O. The van der Waals surface area contributed by atoms with E-state index >= 15 is 0 Å². The largest absolute Gasteiger partial charge is 0.497 e. The lowest BCUT2D eigenvalue weighted by Gasteiger charge is -2.33. The van der Waals surface area contributed by atoms with Gasteiger partial charge in [0.2, 0.25) is 21.8 Å². The number of hydrogen-bond donors (Lipinski definition) is 1. The fraction of sp³-hybridized carbons (Fsp3) is 0.440. The first kappa shape index (κ1) is 28.5. The molecule has 1 unspecified atom stereocenters. The van der Waals surface area contributed by atoms with Crippen molar-refractivity contribution >= 4 is 39.1 Å². The second kappa shape index (κ2) is 13.3. The minimum absolute atomic E-state index is 0.107. The van der Waals surface area contributed by atoms with Crippen LogP contribution >= 0.6 is 11.6 Å². The lowest BCUT2D eigenvalue weighted by molar-refractivity contribution is -0.140. The predicted octanol–water partition coefficient (Wildman–Crippen LogP) is 3.84. The normalized spacial score (nSPS) is 12.0. The third kappa shape index (κ3) is 8.14. The minimum Gasteiger partial charge on any atom is -0.497 e. The smallest absolute Gasteiger partial charge is 0.244 e. The quantitative estimate of drug-likeness (QED) is 0.402. The molecular weight excluding hydrogens is 490 g/mol. The number of unbranched alkanes of at least 4 members (excludes halogenated alkanes) is 1. The summed E-state index contributed by atoms with van der Waals surface area (Å²) in [6, 6.07) is 12.8. The first-order valence-electron chi connectivity index (χ1n) is 11.5. The van der Waals surface area contributed by atoms with Crippen molar-refractivity contribution in [2.75, 3.05) is 30.8 Å². The van der Waals surface area contributed by atoms with Gasteiger partial charge in [-0.25, -0.2) is 8.42 Å². The highest BCUT2D eigenvalue weighted by Gasteiger charge is 2.32. The first-order valence-corrected chi connectivity index (χ1v) is 13.8. The topological polar surface area (TPSA) is 96.0 Å². The number of sulfonamides is 1. The van der Waals surface area contributed by atoms with Crippen molar-refractivity contribution in [3.63, 3.8) is 0 Å². The molecule has 0 fully saturated rings. The summed E-state index contributed by atoms with van der Waals surface area (Å²) in [5.74, 6) is -0.180. The molecule has 0 heterocycles. The van der Waals surface area contributed by atoms with Crippen molar-refractivity contribution in [1.29, 1.82) is 0 Å². The number of amides is 2. The Labute approximate surface area is 213 Å². The maximum absolute atomic E-state index is 13.6. The number of rotatable bonds is 13. The highest BCUT2D eigenvalue weighted by Crippen LogP contribution is 2.27. The van der Waals surface area contributed by atoms with Crippen molar-refractivity contribution in [2.24, 2.45) is 0 Å². The molecule has 2 amide bonds. The molecule has 2 rings (SSSR count). The highest BCUT2D eigenvalue weighted by molar-refractivity contribution is 7.92. The lowest BCUT2D eigenvalue weighted by Crippen LogP contribution is -2.52. The van der Waals surface area contributed by atoms with Crippen molar-refractivity contribution in [3.05, 3.63) is 59.1 Å². The van der Waals surface area contributed by atoms with Crippen molar-refractivity contribution in [3.8, 4) is 5.75 Å². The van der Waals surface area contributed by atoms with Crippen molar-refractivity contribution in [1.82, 2.24) is 10.2 Å². The molecule has 0 saturated heterocycles. The summed E-state index contributed by atoms with van der Waals surface area (Å²) in [4.78, 5) is 28.1. The molecule has 35 heavy (non-hydrogen) atoms. The van der Waals surface area contributed by atoms with E-state index in [0.717, 1.165) is 29.0 Å². The van der Waals surface area contributed by atoms with Crippen LogP contribution in [0.15, 0.2) is 48.5 Å². The predicted molar refractivity (Wildman–Crippen MR) is 139 cm³/mol. The van der Waals surface area contributed by atoms with Gasteiger partial charge in [-0.3, -0.25) is 13.9 Å². The highest BCUT2D eigenvalue weighted by atomic mass is 35.5. The van der Waals surface area contributed by atoms with E-state index in [1.54, 1.807) is 43.5 Å². The molecule has 2 aromatic carbocycles. The summed E-state index contributed by atoms with van der Waals surface area (Å²) in [7, 11) is -2.29. The number of halogens is 1. The van der Waals surface area contributed by atoms with Crippen LogP contribution in [0.4, 0.5) is 5.69 Å². The van der Waals surface area contributed by atoms with Crippen LogP contribution in [0.2, 0.25) is 5.02 Å². The van der Waals surface area contributed by atoms with Crippen LogP contribution in [0.3, 0.4) is 0 Å². The summed E-state index contributed by atoms with van der Waals surface area (Å²) >= 11 is 6.25. The third-order valence-corrected chi connectivity index (χ3v) is 6.95. The molecule has 192 valence electrons. The van der Waals surface area contributed by atoms with E-state index < -0.39 is 28.5 Å². The first-order chi connectivity index (χ1) is 16.6. The zero-order chi connectivity index (χ0) is 26.0. The van der Waals surface area contributed by atoms with Gasteiger partial charge in [0.25, 0.3) is 0 Å². The fourth-order valence-corrected chi connectivity index (χ4v) is 4.79. The van der Waals surface area contributed by atoms with Crippen LogP contribution in [0.1, 0.15) is 38.7 Å². The van der Waals surface area contributed by atoms with E-state index in [9.17, 15) is 18.0 Å². The summed E-state index contributed by atoms with van der Waals surface area (Å²) in [6.07, 6.45) is 3.12. The zero-order valence-corrected chi connectivity index (χ0v) is 22.2. The molecule has 0 aliphatic rings. The number of ether oxygens (including phenoxy) is 1. The molecular formula is C25H34ClN3O5S. The molecule has 0 saturated carbocycles. The average Bonchev–Trinajstić information content (AvgIpc) is 2.82. The fourth-order valence-electron chi connectivity index (χ4n) is 3.64. The van der Waals surface area contributed by atoms with Gasteiger partial charge in [0.1, 0.15) is 18.3 Å². The number of para-hydroxylation sites is 1. The number of nitrogens with zero attached hydrogens (tertiary/aromatic N) is 2. The summed E-state index contributed by atoms with van der Waals surface area (Å²) < 4.78 is 31.5. The van der Waals surface area contributed by atoms with Crippen LogP contribution in [0.25, 0.3) is 0 Å². The molecule has 8 nitrogen and oxygen atoms in total. The maximum Gasteiger partial charge on any atom is 0.244 e. The Balaban J connectivity index is 2.43. The molecule has 1 atom stereocenters. The van der Waals surface area contributed by atoms with Crippen LogP contribution in [-0.2, 0) is 26.2 Å². The summed E-state index contributed by atoms with van der Waals surface area (Å²) in [6.45, 7) is 3.96. The molecule has 2 aromatic rings. The molecule has 10 heteroatoms. The molecule has 0 bridgehead atoms. The zero-order valence-electron chi connectivity index (χ0n) is 20.7. The van der Waals surface area contributed by atoms with Crippen LogP contribution in [0, 0.1) is 0 Å². The molecule has 1 N–H and O–H groups in total. The second-order valence-corrected chi connectivity index (χ2v) is 10.5. The number of hydrogen-bond acceptors (Lipinski definition) is 5. The number of carbonyl (C=O) groups excluding carboxylic acids is 2. The van der Waals surface area contributed by atoms with Gasteiger partial charge < -0.3 is 15.0 Å². The number of nitrogens with one attached hydrogen (secondary N) is 1. The van der Waals surface area contributed by atoms with Gasteiger partial charge in [-0.2, -0.15) is 0 Å². The van der Waals surface area contributed by atoms with E-state index in [2.05, 4.69) is 5.32 Å². The number of benzene rings is 2. The van der Waals surface area contributed by atoms with Gasteiger partial charge in [-0.05, 0) is 42.7 Å². The summed E-state index contributed by atoms with van der Waals surface area (Å²) in [5, 5.41) is 3.10. The van der Waals surface area contributed by atoms with Crippen LogP contribution < -0.4 is 14.4 Å². The Bertz CT molecular complexity index is 1110. The lowest BCUT2D eigenvalue weighted by atomic mass is 10.1. The third-order valence-electron chi connectivity index (χ3n) is 5.50. The van der Waals surface area contributed by atoms with E-state index in [-0.39, 0.29) is 23.2 Å². The molecule has 0 radical (unpaired) electrons. The van der Waals surface area contributed by atoms with Crippen LogP contribution in [-0.4, -0.2) is 57.6 Å². The number of methoxy groups -OCH3 is 1. The number of carbonyl (C=O) groups is 2. The van der Waals surface area contributed by atoms with Gasteiger partial charge in [0, 0.05) is 13.1 Å². The van der Waals surface area contributed by atoms with Gasteiger partial charge >= 0.3 is 0 Å². The standard InChI is InChI=1S/C25H34ClN3O5S/c1-5-7-15-27-25(31)22(6-2)28(17-19-11-10-12-20(16-19)34-3)24(30)18-29(35(4,32)33)23-14-9-8-13-21(23)26/h8-14,16,22H,5-7,15,17-18H2,1-4H3,(H,27,31). The molecule has 0 aliphatic heterocycles. The Kier molecular flexibility index (Phi) is 10.9. The maximum atomic E-state index is 13.6. The molecule has 0 aromatic heterocycles. The number of anilines is 1. The molecule has 0 aliphatic carbocycles. The summed E-state index contributed by atoms with van der Waals surface area (Å²) in [5.41, 5.74) is 0.952. The molecule has 0 spiro atoms. The van der Waals surface area contributed by atoms with E-state index in [4.69, 9.17) is 16.3 Å². The van der Waals surface area contributed by atoms with Gasteiger partial charge in [-0.15, -0.1) is 0 Å². The van der Waals surface area contributed by atoms with Gasteiger partial charge in [0.15, 0.2) is 0 Å². The average molecular weight is 524 g/mol. The van der Waals surface area contributed by atoms with E-state index in [0.29, 0.717) is 18.7 Å². The van der Waals surface area contributed by atoms with Crippen LogP contribution in [0.5, 0.6) is 5.75 Å². The van der Waals surface area contributed by atoms with Gasteiger partial charge in [-0.1, -0.05) is 56.1 Å². The van der Waals surface area contributed by atoms with E-state index in [1.807, 2.05) is 19.9 Å². The Morgan fingerprint density at radius 3 is 2.43 bits per heavy atom. The Morgan fingerprint density at radius 2 is 1.83 bits per heavy atom. The Hall–Kier alpha value is -2.78. The van der Waals surface area contributed by atoms with Gasteiger partial charge in [0.05, 0.1) is 24.1 Å². The Morgan fingerprint density at radius 1 is 1.11 bits per heavy atom. The van der Waals surface area contributed by atoms with Crippen molar-refractivity contribution < 1.29 is 22.7 Å². The van der Waals surface area contributed by atoms with E-state index in [1.165, 1.54) is 11.0 Å². The minimum atomic E-state index is -3.84. The van der Waals surface area contributed by atoms with Crippen molar-refractivity contribution in [2.45, 2.75) is 45.7 Å². The second-order valence-electron chi connectivity index (χ2n) is 8.16. The monoisotopic (exact) mass is 523 g/mol.